The Morgan fingerprint density at radius 3 is 2.74 bits per heavy atom. The molecule has 1 rings (SSSR count). The third-order valence-corrected chi connectivity index (χ3v) is 2.93. The maximum Gasteiger partial charge on any atom is 0.319 e. The zero-order valence-electron chi connectivity index (χ0n) is 11.8. The average molecular weight is 265 g/mol. The van der Waals surface area contributed by atoms with Crippen molar-refractivity contribution in [2.75, 3.05) is 19.0 Å². The van der Waals surface area contributed by atoms with E-state index >= 15 is 0 Å². The molecule has 5 nitrogen and oxygen atoms in total. The standard InChI is InChI=1S/C14H23N3O2/c1-10(2)13(7-8-15)17-14(18)16-11-5-4-6-12(9-11)19-3/h4-6,9-10,13H,7-8,15H2,1-3H3,(H2,16,17,18). The Hall–Kier alpha value is -1.75. The van der Waals surface area contributed by atoms with Crippen molar-refractivity contribution in [2.45, 2.75) is 26.3 Å². The first-order valence-electron chi connectivity index (χ1n) is 6.48. The first-order chi connectivity index (χ1) is 9.06. The summed E-state index contributed by atoms with van der Waals surface area (Å²) >= 11 is 0. The largest absolute Gasteiger partial charge is 0.497 e. The molecular formula is C14H23N3O2. The molecule has 1 atom stereocenters. The fraction of sp³-hybridized carbons (Fsp3) is 0.500. The van der Waals surface area contributed by atoms with Gasteiger partial charge in [-0.25, -0.2) is 4.79 Å². The molecule has 1 aromatic rings. The summed E-state index contributed by atoms with van der Waals surface area (Å²) in [7, 11) is 1.59. The normalized spacial score (nSPS) is 12.1. The lowest BCUT2D eigenvalue weighted by Crippen LogP contribution is -2.42. The van der Waals surface area contributed by atoms with E-state index in [4.69, 9.17) is 10.5 Å². The van der Waals surface area contributed by atoms with Gasteiger partial charge in [0.15, 0.2) is 0 Å². The molecule has 1 aromatic carbocycles. The van der Waals surface area contributed by atoms with E-state index in [0.29, 0.717) is 23.9 Å². The van der Waals surface area contributed by atoms with Crippen LogP contribution < -0.4 is 21.1 Å². The van der Waals surface area contributed by atoms with E-state index in [0.717, 1.165) is 6.42 Å². The average Bonchev–Trinajstić information content (AvgIpc) is 2.38. The number of carbonyl (C=O) groups excluding carboxylic acids is 1. The first kappa shape index (κ1) is 15.3. The SMILES string of the molecule is COc1cccc(NC(=O)NC(CCN)C(C)C)c1. The number of anilines is 1. The predicted octanol–water partition coefficient (Wildman–Crippen LogP) is 2.19. The molecule has 0 spiro atoms. The minimum atomic E-state index is -0.222. The van der Waals surface area contributed by atoms with Crippen LogP contribution >= 0.6 is 0 Å². The molecule has 0 saturated heterocycles. The lowest BCUT2D eigenvalue weighted by molar-refractivity contribution is 0.243. The van der Waals surface area contributed by atoms with Crippen LogP contribution in [0.25, 0.3) is 0 Å². The van der Waals surface area contributed by atoms with E-state index in [1.807, 2.05) is 18.2 Å². The summed E-state index contributed by atoms with van der Waals surface area (Å²) in [5.41, 5.74) is 6.25. The Balaban J connectivity index is 2.58. The predicted molar refractivity (Wildman–Crippen MR) is 77.4 cm³/mol. The molecule has 0 aromatic heterocycles. The Morgan fingerprint density at radius 1 is 1.42 bits per heavy atom. The van der Waals surface area contributed by atoms with Gasteiger partial charge in [0, 0.05) is 17.8 Å². The highest BCUT2D eigenvalue weighted by Gasteiger charge is 2.15. The molecule has 0 aliphatic carbocycles. The number of carbonyl (C=O) groups is 1. The van der Waals surface area contributed by atoms with Crippen molar-refractivity contribution in [3.63, 3.8) is 0 Å². The Bertz CT molecular complexity index is 407. The third kappa shape index (κ3) is 5.18. The fourth-order valence-electron chi connectivity index (χ4n) is 1.79. The van der Waals surface area contributed by atoms with Crippen molar-refractivity contribution in [1.29, 1.82) is 0 Å². The van der Waals surface area contributed by atoms with Gasteiger partial charge < -0.3 is 21.1 Å². The van der Waals surface area contributed by atoms with E-state index in [2.05, 4.69) is 24.5 Å². The molecule has 106 valence electrons. The second kappa shape index (κ2) is 7.63. The number of ether oxygens (including phenoxy) is 1. The van der Waals surface area contributed by atoms with Crippen LogP contribution in [0.3, 0.4) is 0 Å². The molecule has 0 saturated carbocycles. The summed E-state index contributed by atoms with van der Waals surface area (Å²) in [6, 6.07) is 7.10. The van der Waals surface area contributed by atoms with E-state index in [9.17, 15) is 4.79 Å². The van der Waals surface area contributed by atoms with Gasteiger partial charge in [0.2, 0.25) is 0 Å². The maximum atomic E-state index is 11.9. The number of urea groups is 1. The van der Waals surface area contributed by atoms with Crippen LogP contribution in [0.5, 0.6) is 5.75 Å². The van der Waals surface area contributed by atoms with Gasteiger partial charge in [-0.05, 0) is 31.0 Å². The van der Waals surface area contributed by atoms with Crippen LogP contribution in [-0.4, -0.2) is 25.7 Å². The van der Waals surface area contributed by atoms with E-state index < -0.39 is 0 Å². The molecule has 4 N–H and O–H groups in total. The number of nitrogens with one attached hydrogen (secondary N) is 2. The number of hydrogen-bond donors (Lipinski definition) is 3. The minimum absolute atomic E-state index is 0.0793. The summed E-state index contributed by atoms with van der Waals surface area (Å²) in [4.78, 5) is 11.9. The second-order valence-electron chi connectivity index (χ2n) is 4.76. The molecule has 0 fully saturated rings. The summed E-state index contributed by atoms with van der Waals surface area (Å²) in [5, 5.41) is 5.72. The summed E-state index contributed by atoms with van der Waals surface area (Å²) in [6.07, 6.45) is 0.767. The van der Waals surface area contributed by atoms with Crippen molar-refractivity contribution >= 4 is 11.7 Å². The zero-order chi connectivity index (χ0) is 14.3. The topological polar surface area (TPSA) is 76.4 Å². The molecule has 2 amide bonds. The summed E-state index contributed by atoms with van der Waals surface area (Å²) in [5.74, 6) is 1.06. The van der Waals surface area contributed by atoms with Gasteiger partial charge >= 0.3 is 6.03 Å². The van der Waals surface area contributed by atoms with Gasteiger partial charge in [0.25, 0.3) is 0 Å². The molecule has 0 radical (unpaired) electrons. The van der Waals surface area contributed by atoms with Gasteiger partial charge in [-0.1, -0.05) is 19.9 Å². The van der Waals surface area contributed by atoms with Crippen molar-refractivity contribution in [3.05, 3.63) is 24.3 Å². The van der Waals surface area contributed by atoms with Gasteiger partial charge in [-0.3, -0.25) is 0 Å². The Labute approximate surface area is 114 Å². The fourth-order valence-corrected chi connectivity index (χ4v) is 1.79. The van der Waals surface area contributed by atoms with Gasteiger partial charge in [0.05, 0.1) is 7.11 Å². The second-order valence-corrected chi connectivity index (χ2v) is 4.76. The van der Waals surface area contributed by atoms with Gasteiger partial charge in [-0.2, -0.15) is 0 Å². The van der Waals surface area contributed by atoms with Crippen LogP contribution in [0.15, 0.2) is 24.3 Å². The lowest BCUT2D eigenvalue weighted by Gasteiger charge is -2.22. The molecule has 5 heteroatoms. The smallest absolute Gasteiger partial charge is 0.319 e. The third-order valence-electron chi connectivity index (χ3n) is 2.93. The van der Waals surface area contributed by atoms with Crippen molar-refractivity contribution in [2.24, 2.45) is 11.7 Å². The van der Waals surface area contributed by atoms with Crippen LogP contribution in [0.2, 0.25) is 0 Å². The van der Waals surface area contributed by atoms with Gasteiger partial charge in [0.1, 0.15) is 5.75 Å². The lowest BCUT2D eigenvalue weighted by atomic mass is 10.0. The Morgan fingerprint density at radius 2 is 2.16 bits per heavy atom. The molecular weight excluding hydrogens is 242 g/mol. The number of methoxy groups -OCH3 is 1. The number of benzene rings is 1. The number of rotatable bonds is 6. The monoisotopic (exact) mass is 265 g/mol. The summed E-state index contributed by atoms with van der Waals surface area (Å²) in [6.45, 7) is 4.68. The molecule has 0 aliphatic rings. The number of nitrogens with two attached hydrogens (primary N) is 1. The van der Waals surface area contributed by atoms with Crippen LogP contribution in [0.1, 0.15) is 20.3 Å². The van der Waals surface area contributed by atoms with Crippen molar-refractivity contribution in [1.82, 2.24) is 5.32 Å². The number of hydrogen-bond acceptors (Lipinski definition) is 3. The molecule has 0 heterocycles. The van der Waals surface area contributed by atoms with Crippen molar-refractivity contribution < 1.29 is 9.53 Å². The molecule has 19 heavy (non-hydrogen) atoms. The maximum absolute atomic E-state index is 11.9. The van der Waals surface area contributed by atoms with Crippen LogP contribution in [0, 0.1) is 5.92 Å². The zero-order valence-corrected chi connectivity index (χ0v) is 11.8. The molecule has 0 bridgehead atoms. The van der Waals surface area contributed by atoms with E-state index in [1.165, 1.54) is 0 Å². The highest BCUT2D eigenvalue weighted by atomic mass is 16.5. The van der Waals surface area contributed by atoms with Gasteiger partial charge in [-0.15, -0.1) is 0 Å². The highest BCUT2D eigenvalue weighted by molar-refractivity contribution is 5.89. The molecule has 0 aliphatic heterocycles. The number of amides is 2. The Kier molecular flexibility index (Phi) is 6.15. The van der Waals surface area contributed by atoms with Crippen molar-refractivity contribution in [3.8, 4) is 5.75 Å². The first-order valence-corrected chi connectivity index (χ1v) is 6.48. The quantitative estimate of drug-likeness (QED) is 0.738. The molecule has 1 unspecified atom stereocenters. The highest BCUT2D eigenvalue weighted by Crippen LogP contribution is 2.16. The van der Waals surface area contributed by atoms with E-state index in [1.54, 1.807) is 13.2 Å². The van der Waals surface area contributed by atoms with E-state index in [-0.39, 0.29) is 12.1 Å². The van der Waals surface area contributed by atoms with Crippen LogP contribution in [0.4, 0.5) is 10.5 Å². The minimum Gasteiger partial charge on any atom is -0.497 e. The van der Waals surface area contributed by atoms with Crippen LogP contribution in [-0.2, 0) is 0 Å². The summed E-state index contributed by atoms with van der Waals surface area (Å²) < 4.78 is 5.11.